The van der Waals surface area contributed by atoms with Gasteiger partial charge in [-0.25, -0.2) is 4.79 Å². The molecule has 0 saturated carbocycles. The molecule has 1 aromatic rings. The highest BCUT2D eigenvalue weighted by atomic mass is 35.5. The second-order valence-electron chi connectivity index (χ2n) is 8.86. The summed E-state index contributed by atoms with van der Waals surface area (Å²) >= 11 is 11.8. The normalized spacial score (nSPS) is 10.7. The predicted molar refractivity (Wildman–Crippen MR) is 136 cm³/mol. The Morgan fingerprint density at radius 1 is 0.742 bits per heavy atom. The molecule has 1 aromatic carbocycles. The molecule has 0 aliphatic carbocycles. The van der Waals surface area contributed by atoms with Crippen molar-refractivity contribution in [1.82, 2.24) is 0 Å². The molecule has 0 heterocycles. The van der Waals surface area contributed by atoms with Crippen molar-refractivity contribution in [2.24, 2.45) is 0 Å². The van der Waals surface area contributed by atoms with Gasteiger partial charge in [0, 0.05) is 0 Å². The SMILES string of the molecule is CCCCCCCCCCCCCCCCOC(=O)c1ccc(Cl)c(Cl)c1.C[NH+](C)C. The van der Waals surface area contributed by atoms with Crippen molar-refractivity contribution in [3.8, 4) is 0 Å². The molecule has 0 amide bonds. The first-order chi connectivity index (χ1) is 14.9. The van der Waals surface area contributed by atoms with Gasteiger partial charge in [0.25, 0.3) is 0 Å². The number of hydrogen-bond donors (Lipinski definition) is 1. The van der Waals surface area contributed by atoms with E-state index in [0.717, 1.165) is 12.8 Å². The molecule has 0 aliphatic rings. The van der Waals surface area contributed by atoms with Crippen LogP contribution in [0.1, 0.15) is 107 Å². The molecular formula is C26H46Cl2NO2+. The van der Waals surface area contributed by atoms with Gasteiger partial charge in [-0.2, -0.15) is 0 Å². The summed E-state index contributed by atoms with van der Waals surface area (Å²) in [4.78, 5) is 13.3. The number of carbonyl (C=O) groups is 1. The number of benzene rings is 1. The zero-order valence-corrected chi connectivity index (χ0v) is 21.9. The third kappa shape index (κ3) is 19.6. The zero-order valence-electron chi connectivity index (χ0n) is 20.4. The van der Waals surface area contributed by atoms with E-state index in [9.17, 15) is 4.79 Å². The van der Waals surface area contributed by atoms with Crippen LogP contribution in [-0.2, 0) is 4.74 Å². The molecule has 0 fully saturated rings. The number of hydrogen-bond acceptors (Lipinski definition) is 2. The van der Waals surface area contributed by atoms with E-state index in [2.05, 4.69) is 28.1 Å². The van der Waals surface area contributed by atoms with Gasteiger partial charge >= 0.3 is 5.97 Å². The molecule has 0 unspecified atom stereocenters. The summed E-state index contributed by atoms with van der Waals surface area (Å²) in [7, 11) is 6.25. The van der Waals surface area contributed by atoms with Crippen LogP contribution in [-0.4, -0.2) is 33.7 Å². The molecule has 0 saturated heterocycles. The van der Waals surface area contributed by atoms with E-state index in [1.807, 2.05) is 0 Å². The van der Waals surface area contributed by atoms with E-state index < -0.39 is 0 Å². The fourth-order valence-corrected chi connectivity index (χ4v) is 3.47. The van der Waals surface area contributed by atoms with Crippen molar-refractivity contribution in [3.63, 3.8) is 0 Å². The van der Waals surface area contributed by atoms with Gasteiger partial charge in [0.15, 0.2) is 0 Å². The Kier molecular flexibility index (Phi) is 20.6. The Morgan fingerprint density at radius 3 is 1.58 bits per heavy atom. The van der Waals surface area contributed by atoms with Crippen LogP contribution in [0, 0.1) is 0 Å². The summed E-state index contributed by atoms with van der Waals surface area (Å²) in [5, 5.41) is 0.822. The van der Waals surface area contributed by atoms with Crippen molar-refractivity contribution in [2.45, 2.75) is 96.8 Å². The maximum atomic E-state index is 11.9. The Balaban J connectivity index is 0.00000206. The molecule has 5 heteroatoms. The van der Waals surface area contributed by atoms with E-state index in [4.69, 9.17) is 27.9 Å². The molecule has 1 N–H and O–H groups in total. The number of ether oxygens (including phenoxy) is 1. The Morgan fingerprint density at radius 2 is 1.16 bits per heavy atom. The van der Waals surface area contributed by atoms with Crippen LogP contribution < -0.4 is 4.90 Å². The zero-order chi connectivity index (χ0) is 23.3. The molecule has 0 radical (unpaired) electrons. The van der Waals surface area contributed by atoms with Gasteiger partial charge in [0.1, 0.15) is 0 Å². The number of halogens is 2. The minimum atomic E-state index is -0.330. The van der Waals surface area contributed by atoms with E-state index in [1.165, 1.54) is 81.9 Å². The van der Waals surface area contributed by atoms with Crippen LogP contribution in [0.4, 0.5) is 0 Å². The van der Waals surface area contributed by atoms with Crippen LogP contribution in [0.5, 0.6) is 0 Å². The second kappa shape index (κ2) is 21.1. The van der Waals surface area contributed by atoms with Gasteiger partial charge in [-0.1, -0.05) is 114 Å². The van der Waals surface area contributed by atoms with Crippen molar-refractivity contribution in [3.05, 3.63) is 33.8 Å². The lowest BCUT2D eigenvalue weighted by Gasteiger charge is -2.06. The first kappa shape index (κ1) is 30.2. The molecule has 1 rings (SSSR count). The van der Waals surface area contributed by atoms with E-state index in [0.29, 0.717) is 22.2 Å². The summed E-state index contributed by atoms with van der Waals surface area (Å²) in [6.45, 7) is 2.74. The third-order valence-corrected chi connectivity index (χ3v) is 5.63. The quantitative estimate of drug-likeness (QED) is 0.200. The van der Waals surface area contributed by atoms with Crippen LogP contribution in [0.15, 0.2) is 18.2 Å². The van der Waals surface area contributed by atoms with Gasteiger partial charge in [-0.3, -0.25) is 0 Å². The molecule has 0 bridgehead atoms. The van der Waals surface area contributed by atoms with Crippen LogP contribution in [0.25, 0.3) is 0 Å². The standard InChI is InChI=1S/C23H36Cl2O2.C3H9N/c1-2-3-4-5-6-7-8-9-10-11-12-13-14-15-18-27-23(26)20-16-17-21(24)22(25)19-20;1-4(2)3/h16-17,19H,2-15,18H2,1H3;1-3H3/p+1. The third-order valence-electron chi connectivity index (χ3n) is 4.89. The highest BCUT2D eigenvalue weighted by molar-refractivity contribution is 6.42. The summed E-state index contributed by atoms with van der Waals surface area (Å²) in [5.41, 5.74) is 0.453. The minimum Gasteiger partial charge on any atom is -0.462 e. The summed E-state index contributed by atoms with van der Waals surface area (Å²) in [5.74, 6) is -0.330. The van der Waals surface area contributed by atoms with Crippen molar-refractivity contribution < 1.29 is 14.4 Å². The van der Waals surface area contributed by atoms with Crippen molar-refractivity contribution in [2.75, 3.05) is 27.7 Å². The number of unbranched alkanes of at least 4 members (excludes halogenated alkanes) is 13. The molecule has 3 nitrogen and oxygen atoms in total. The van der Waals surface area contributed by atoms with E-state index >= 15 is 0 Å². The van der Waals surface area contributed by atoms with Crippen molar-refractivity contribution in [1.29, 1.82) is 0 Å². The van der Waals surface area contributed by atoms with Gasteiger partial charge in [0.2, 0.25) is 0 Å². The number of quaternary nitrogens is 1. The maximum Gasteiger partial charge on any atom is 0.338 e. The molecule has 0 spiro atoms. The van der Waals surface area contributed by atoms with Crippen molar-refractivity contribution >= 4 is 29.2 Å². The van der Waals surface area contributed by atoms with Gasteiger partial charge < -0.3 is 9.64 Å². The maximum absolute atomic E-state index is 11.9. The highest BCUT2D eigenvalue weighted by Crippen LogP contribution is 2.23. The first-order valence-corrected chi connectivity index (χ1v) is 13.0. The van der Waals surface area contributed by atoms with E-state index in [1.54, 1.807) is 18.2 Å². The van der Waals surface area contributed by atoms with E-state index in [-0.39, 0.29) is 5.97 Å². The topological polar surface area (TPSA) is 30.7 Å². The lowest BCUT2D eigenvalue weighted by Crippen LogP contribution is -3.02. The Hall–Kier alpha value is -0.770. The average Bonchev–Trinajstić information content (AvgIpc) is 2.72. The Bertz CT molecular complexity index is 562. The Labute approximate surface area is 201 Å². The average molecular weight is 476 g/mol. The predicted octanol–water partition coefficient (Wildman–Crippen LogP) is 7.39. The highest BCUT2D eigenvalue weighted by Gasteiger charge is 2.09. The molecule has 0 aliphatic heterocycles. The fraction of sp³-hybridized carbons (Fsp3) is 0.731. The van der Waals surface area contributed by atoms with Gasteiger partial charge in [-0.15, -0.1) is 0 Å². The molecule has 180 valence electrons. The largest absolute Gasteiger partial charge is 0.462 e. The summed E-state index contributed by atoms with van der Waals surface area (Å²) in [6, 6.07) is 4.81. The fourth-order valence-electron chi connectivity index (χ4n) is 3.17. The summed E-state index contributed by atoms with van der Waals surface area (Å²) in [6.07, 6.45) is 18.4. The second-order valence-corrected chi connectivity index (χ2v) is 9.68. The monoisotopic (exact) mass is 474 g/mol. The smallest absolute Gasteiger partial charge is 0.338 e. The number of esters is 1. The van der Waals surface area contributed by atoms with Crippen LogP contribution in [0.3, 0.4) is 0 Å². The molecule has 31 heavy (non-hydrogen) atoms. The number of rotatable bonds is 16. The number of nitrogens with one attached hydrogen (secondary N) is 1. The lowest BCUT2D eigenvalue weighted by atomic mass is 10.0. The summed E-state index contributed by atoms with van der Waals surface area (Å²) < 4.78 is 5.29. The molecular weight excluding hydrogens is 429 g/mol. The first-order valence-electron chi connectivity index (χ1n) is 12.3. The number of carbonyl (C=O) groups excluding carboxylic acids is 1. The van der Waals surface area contributed by atoms with Crippen LogP contribution in [0.2, 0.25) is 10.0 Å². The lowest BCUT2D eigenvalue weighted by molar-refractivity contribution is -0.836. The minimum absolute atomic E-state index is 0.330. The van der Waals surface area contributed by atoms with Gasteiger partial charge in [-0.05, 0) is 24.6 Å². The van der Waals surface area contributed by atoms with Gasteiger partial charge in [0.05, 0.1) is 43.4 Å². The van der Waals surface area contributed by atoms with Crippen LogP contribution >= 0.6 is 23.2 Å². The molecule has 0 aromatic heterocycles. The molecule has 0 atom stereocenters.